The summed E-state index contributed by atoms with van der Waals surface area (Å²) in [6.07, 6.45) is 5.40. The molecule has 1 aromatic carbocycles. The smallest absolute Gasteiger partial charge is 0.0205 e. The molecule has 19 heavy (non-hydrogen) atoms. The van der Waals surface area contributed by atoms with Crippen molar-refractivity contribution in [2.24, 2.45) is 5.73 Å². The lowest BCUT2D eigenvalue weighted by Gasteiger charge is -2.24. The number of nitrogens with two attached hydrogens (primary N) is 1. The van der Waals surface area contributed by atoms with Crippen molar-refractivity contribution in [2.45, 2.75) is 52.1 Å². The molecular formula is C17H28N2. The summed E-state index contributed by atoms with van der Waals surface area (Å²) in [4.78, 5) is 0. The minimum atomic E-state index is -0.0738. The Balaban J connectivity index is 2.18. The van der Waals surface area contributed by atoms with Crippen LogP contribution in [0, 0.1) is 0 Å². The summed E-state index contributed by atoms with van der Waals surface area (Å²) >= 11 is 0. The molecule has 0 saturated heterocycles. The van der Waals surface area contributed by atoms with Gasteiger partial charge in [0.05, 0.1) is 0 Å². The maximum atomic E-state index is 6.31. The molecule has 0 aliphatic carbocycles. The lowest BCUT2D eigenvalue weighted by molar-refractivity contribution is 0.392. The van der Waals surface area contributed by atoms with E-state index < -0.39 is 0 Å². The minimum absolute atomic E-state index is 0.0738. The molecule has 1 aromatic rings. The Morgan fingerprint density at radius 3 is 2.53 bits per heavy atom. The summed E-state index contributed by atoms with van der Waals surface area (Å²) < 4.78 is 0. The summed E-state index contributed by atoms with van der Waals surface area (Å²) in [7, 11) is 0. The number of nitrogens with one attached hydrogen (secondary N) is 1. The van der Waals surface area contributed by atoms with Crippen LogP contribution in [-0.2, 0) is 6.54 Å². The molecule has 3 N–H and O–H groups in total. The Morgan fingerprint density at radius 1 is 1.21 bits per heavy atom. The third-order valence-corrected chi connectivity index (χ3v) is 3.31. The van der Waals surface area contributed by atoms with E-state index in [2.05, 4.69) is 56.4 Å². The number of hydrogen-bond donors (Lipinski definition) is 2. The van der Waals surface area contributed by atoms with Gasteiger partial charge in [-0.05, 0) is 52.1 Å². The minimum Gasteiger partial charge on any atom is -0.325 e. The zero-order valence-corrected chi connectivity index (χ0v) is 12.6. The van der Waals surface area contributed by atoms with Gasteiger partial charge in [0.15, 0.2) is 0 Å². The Labute approximate surface area is 118 Å². The molecule has 0 aromatic heterocycles. The van der Waals surface area contributed by atoms with E-state index in [1.165, 1.54) is 11.1 Å². The van der Waals surface area contributed by atoms with Gasteiger partial charge in [0.25, 0.3) is 0 Å². The van der Waals surface area contributed by atoms with Crippen LogP contribution in [-0.4, -0.2) is 12.1 Å². The van der Waals surface area contributed by atoms with E-state index in [0.29, 0.717) is 0 Å². The first-order valence-electron chi connectivity index (χ1n) is 7.16. The molecule has 0 spiro atoms. The highest BCUT2D eigenvalue weighted by atomic mass is 14.9. The fraction of sp³-hybridized carbons (Fsp3) is 0.529. The highest BCUT2D eigenvalue weighted by Crippen LogP contribution is 2.14. The number of hydrogen-bond acceptors (Lipinski definition) is 2. The first kappa shape index (κ1) is 15.9. The van der Waals surface area contributed by atoms with Gasteiger partial charge in [-0.1, -0.05) is 42.0 Å². The van der Waals surface area contributed by atoms with E-state index in [0.717, 1.165) is 32.4 Å². The molecule has 0 aliphatic heterocycles. The Hall–Kier alpha value is -1.12. The second-order valence-corrected chi connectivity index (χ2v) is 5.89. The normalized spacial score (nSPS) is 13.9. The van der Waals surface area contributed by atoms with Crippen molar-refractivity contribution in [2.75, 3.05) is 6.54 Å². The van der Waals surface area contributed by atoms with Crippen molar-refractivity contribution in [3.63, 3.8) is 0 Å². The van der Waals surface area contributed by atoms with E-state index in [1.54, 1.807) is 0 Å². The van der Waals surface area contributed by atoms with Crippen molar-refractivity contribution in [3.05, 3.63) is 47.5 Å². The van der Waals surface area contributed by atoms with Crippen LogP contribution < -0.4 is 11.1 Å². The van der Waals surface area contributed by atoms with Crippen molar-refractivity contribution >= 4 is 0 Å². The van der Waals surface area contributed by atoms with Gasteiger partial charge >= 0.3 is 0 Å². The number of benzene rings is 1. The molecule has 2 nitrogen and oxygen atoms in total. The largest absolute Gasteiger partial charge is 0.325 e. The molecule has 1 atom stereocenters. The third-order valence-electron chi connectivity index (χ3n) is 3.31. The zero-order chi connectivity index (χ0) is 14.1. The Bertz CT molecular complexity index is 376. The molecule has 0 heterocycles. The summed E-state index contributed by atoms with van der Waals surface area (Å²) in [5.74, 6) is 0. The molecule has 0 amide bonds. The molecule has 0 fully saturated rings. The molecule has 106 valence electrons. The molecular weight excluding hydrogens is 232 g/mol. The van der Waals surface area contributed by atoms with Crippen LogP contribution in [0.2, 0.25) is 0 Å². The van der Waals surface area contributed by atoms with Crippen molar-refractivity contribution in [1.82, 2.24) is 5.32 Å². The topological polar surface area (TPSA) is 38.0 Å². The van der Waals surface area contributed by atoms with Crippen LogP contribution >= 0.6 is 0 Å². The van der Waals surface area contributed by atoms with Crippen molar-refractivity contribution in [1.29, 1.82) is 0 Å². The number of allylic oxidation sites excluding steroid dienone is 2. The average molecular weight is 260 g/mol. The van der Waals surface area contributed by atoms with Gasteiger partial charge < -0.3 is 11.1 Å². The second kappa shape index (κ2) is 8.13. The number of rotatable bonds is 8. The maximum absolute atomic E-state index is 6.31. The first-order valence-corrected chi connectivity index (χ1v) is 7.16. The third kappa shape index (κ3) is 7.81. The van der Waals surface area contributed by atoms with Gasteiger partial charge in [0.1, 0.15) is 0 Å². The van der Waals surface area contributed by atoms with Gasteiger partial charge in [-0.3, -0.25) is 0 Å². The lowest BCUT2D eigenvalue weighted by atomic mass is 9.92. The van der Waals surface area contributed by atoms with Crippen molar-refractivity contribution < 1.29 is 0 Å². The van der Waals surface area contributed by atoms with E-state index >= 15 is 0 Å². The molecule has 0 radical (unpaired) electrons. The van der Waals surface area contributed by atoms with Crippen molar-refractivity contribution in [3.8, 4) is 0 Å². The first-order chi connectivity index (χ1) is 8.99. The summed E-state index contributed by atoms with van der Waals surface area (Å²) in [5, 5.41) is 3.46. The van der Waals surface area contributed by atoms with Crippen LogP contribution in [0.5, 0.6) is 0 Å². The standard InChI is InChI=1S/C17H28N2/c1-15(2)8-7-11-17(3,18)12-13-19-14-16-9-5-4-6-10-16/h4-6,8-10,19H,7,11-14,18H2,1-3H3/t17-/m1/s1. The van der Waals surface area contributed by atoms with E-state index in [9.17, 15) is 0 Å². The van der Waals surface area contributed by atoms with Crippen LogP contribution in [0.4, 0.5) is 0 Å². The molecule has 2 heteroatoms. The van der Waals surface area contributed by atoms with Gasteiger partial charge in [0.2, 0.25) is 0 Å². The molecule has 0 unspecified atom stereocenters. The quantitative estimate of drug-likeness (QED) is 0.553. The predicted octanol–water partition coefficient (Wildman–Crippen LogP) is 3.63. The van der Waals surface area contributed by atoms with Gasteiger partial charge in [0, 0.05) is 12.1 Å². The van der Waals surface area contributed by atoms with Gasteiger partial charge in [-0.2, -0.15) is 0 Å². The molecule has 1 rings (SSSR count). The molecule has 0 bridgehead atoms. The highest BCUT2D eigenvalue weighted by molar-refractivity contribution is 5.14. The highest BCUT2D eigenvalue weighted by Gasteiger charge is 2.16. The van der Waals surface area contributed by atoms with Crippen LogP contribution in [0.25, 0.3) is 0 Å². The molecule has 0 aliphatic rings. The average Bonchev–Trinajstić information content (AvgIpc) is 2.35. The summed E-state index contributed by atoms with van der Waals surface area (Å²) in [6.45, 7) is 8.31. The maximum Gasteiger partial charge on any atom is 0.0205 e. The fourth-order valence-electron chi connectivity index (χ4n) is 2.02. The van der Waals surface area contributed by atoms with Crippen LogP contribution in [0.1, 0.15) is 45.6 Å². The van der Waals surface area contributed by atoms with Gasteiger partial charge in [-0.15, -0.1) is 0 Å². The lowest BCUT2D eigenvalue weighted by Crippen LogP contribution is -2.39. The predicted molar refractivity (Wildman–Crippen MR) is 84.0 cm³/mol. The summed E-state index contributed by atoms with van der Waals surface area (Å²) in [5.41, 5.74) is 8.94. The zero-order valence-electron chi connectivity index (χ0n) is 12.6. The summed E-state index contributed by atoms with van der Waals surface area (Å²) in [6, 6.07) is 10.5. The fourth-order valence-corrected chi connectivity index (χ4v) is 2.02. The second-order valence-electron chi connectivity index (χ2n) is 5.89. The van der Waals surface area contributed by atoms with Crippen LogP contribution in [0.3, 0.4) is 0 Å². The van der Waals surface area contributed by atoms with E-state index in [4.69, 9.17) is 5.73 Å². The SMILES string of the molecule is CC(C)=CCC[C@@](C)(N)CCNCc1ccccc1. The van der Waals surface area contributed by atoms with Crippen LogP contribution in [0.15, 0.2) is 42.0 Å². The molecule has 0 saturated carbocycles. The van der Waals surface area contributed by atoms with E-state index in [1.807, 2.05) is 6.07 Å². The Kier molecular flexibility index (Phi) is 6.82. The monoisotopic (exact) mass is 260 g/mol. The Morgan fingerprint density at radius 2 is 1.89 bits per heavy atom. The van der Waals surface area contributed by atoms with E-state index in [-0.39, 0.29) is 5.54 Å². The van der Waals surface area contributed by atoms with Gasteiger partial charge in [-0.25, -0.2) is 0 Å².